The van der Waals surface area contributed by atoms with Gasteiger partial charge in [0.25, 0.3) is 5.91 Å². The third kappa shape index (κ3) is 4.94. The molecule has 3 heterocycles. The Morgan fingerprint density at radius 3 is 2.41 bits per heavy atom. The Morgan fingerprint density at radius 2 is 1.78 bits per heavy atom. The smallest absolute Gasteiger partial charge is 0.378 e. The number of ether oxygens (including phenoxy) is 2. The van der Waals surface area contributed by atoms with Gasteiger partial charge in [0.1, 0.15) is 5.41 Å². The van der Waals surface area contributed by atoms with Crippen LogP contribution in [-0.4, -0.2) is 72.4 Å². The van der Waals surface area contributed by atoms with E-state index in [1.165, 1.54) is 24.3 Å². The number of hydrogen-bond acceptors (Lipinski definition) is 7. The molecule has 2 aliphatic heterocycles. The highest BCUT2D eigenvalue weighted by Crippen LogP contribution is 2.35. The van der Waals surface area contributed by atoms with Gasteiger partial charge in [-0.3, -0.25) is 9.59 Å². The van der Waals surface area contributed by atoms with Crippen LogP contribution in [-0.2, 0) is 25.9 Å². The van der Waals surface area contributed by atoms with Gasteiger partial charge >= 0.3 is 12.1 Å². The van der Waals surface area contributed by atoms with Crippen molar-refractivity contribution in [1.82, 2.24) is 20.4 Å². The Labute approximate surface area is 209 Å². The Bertz CT molecular complexity index is 1260. The first-order valence-corrected chi connectivity index (χ1v) is 11.6. The Morgan fingerprint density at radius 1 is 1.05 bits per heavy atom. The lowest BCUT2D eigenvalue weighted by Gasteiger charge is -2.46. The highest BCUT2D eigenvalue weighted by atomic mass is 19.4. The van der Waals surface area contributed by atoms with Crippen LogP contribution in [0.2, 0.25) is 0 Å². The quantitative estimate of drug-likeness (QED) is 0.537. The zero-order chi connectivity index (χ0) is 26.0. The SMILES string of the molecule is O=C(NC[C@H]1COCCN1C(=O)C1(c2ccccc2)COC1)c1ccc(-c2noc(C(F)(F)F)n2)cc1. The van der Waals surface area contributed by atoms with Gasteiger partial charge in [0, 0.05) is 24.2 Å². The molecule has 2 saturated heterocycles. The maximum absolute atomic E-state index is 13.7. The zero-order valence-electron chi connectivity index (χ0n) is 19.5. The number of carbonyl (C=O) groups is 2. The van der Waals surface area contributed by atoms with Crippen LogP contribution in [0.5, 0.6) is 0 Å². The van der Waals surface area contributed by atoms with Crippen LogP contribution in [0.1, 0.15) is 21.8 Å². The summed E-state index contributed by atoms with van der Waals surface area (Å²) >= 11 is 0. The van der Waals surface area contributed by atoms with Gasteiger partial charge in [-0.2, -0.15) is 18.2 Å². The molecule has 1 N–H and O–H groups in total. The summed E-state index contributed by atoms with van der Waals surface area (Å²) in [6.45, 7) is 1.82. The minimum absolute atomic E-state index is 0.0600. The summed E-state index contributed by atoms with van der Waals surface area (Å²) in [7, 11) is 0. The van der Waals surface area contributed by atoms with Crippen LogP contribution in [0.25, 0.3) is 11.4 Å². The zero-order valence-corrected chi connectivity index (χ0v) is 19.5. The average molecular weight is 516 g/mol. The standard InChI is InChI=1S/C25H23F3N4O5/c26-25(27,28)22-30-20(31-37-22)16-6-8-17(9-7-16)21(33)29-12-19-13-35-11-10-32(19)23(34)24(14-36-15-24)18-4-2-1-3-5-18/h1-9,19H,10-15H2,(H,29,33)/t19-/m0/s1. The number of carbonyl (C=O) groups excluding carboxylic acids is 2. The average Bonchev–Trinajstić information content (AvgIpc) is 3.39. The summed E-state index contributed by atoms with van der Waals surface area (Å²) in [6, 6.07) is 14.9. The van der Waals surface area contributed by atoms with E-state index in [4.69, 9.17) is 9.47 Å². The number of aromatic nitrogens is 2. The lowest BCUT2D eigenvalue weighted by Crippen LogP contribution is -2.64. The van der Waals surface area contributed by atoms with Crippen molar-refractivity contribution in [2.24, 2.45) is 0 Å². The van der Waals surface area contributed by atoms with Gasteiger partial charge in [0.2, 0.25) is 11.7 Å². The third-order valence-electron chi connectivity index (χ3n) is 6.49. The second kappa shape index (κ2) is 9.94. The second-order valence-corrected chi connectivity index (χ2v) is 8.88. The first-order valence-electron chi connectivity index (χ1n) is 11.6. The molecule has 0 radical (unpaired) electrons. The Kier molecular flexibility index (Phi) is 6.69. The van der Waals surface area contributed by atoms with Crippen LogP contribution in [0.15, 0.2) is 59.1 Å². The first kappa shape index (κ1) is 24.9. The van der Waals surface area contributed by atoms with Gasteiger partial charge in [-0.05, 0) is 17.7 Å². The largest absolute Gasteiger partial charge is 0.471 e. The maximum Gasteiger partial charge on any atom is 0.471 e. The van der Waals surface area contributed by atoms with Gasteiger partial charge in [-0.1, -0.05) is 47.6 Å². The molecule has 0 unspecified atom stereocenters. The Balaban J connectivity index is 1.24. The number of benzene rings is 2. The minimum Gasteiger partial charge on any atom is -0.378 e. The number of morpholine rings is 1. The topological polar surface area (TPSA) is 107 Å². The van der Waals surface area contributed by atoms with Crippen molar-refractivity contribution in [3.63, 3.8) is 0 Å². The van der Waals surface area contributed by atoms with Crippen molar-refractivity contribution in [2.75, 3.05) is 39.5 Å². The molecule has 12 heteroatoms. The monoisotopic (exact) mass is 516 g/mol. The molecule has 2 aliphatic rings. The van der Waals surface area contributed by atoms with Crippen molar-refractivity contribution in [3.05, 3.63) is 71.6 Å². The van der Waals surface area contributed by atoms with E-state index in [2.05, 4.69) is 20.0 Å². The van der Waals surface area contributed by atoms with Gasteiger partial charge in [-0.25, -0.2) is 0 Å². The molecule has 2 fully saturated rings. The second-order valence-electron chi connectivity index (χ2n) is 8.88. The molecule has 0 bridgehead atoms. The molecule has 2 aromatic carbocycles. The summed E-state index contributed by atoms with van der Waals surface area (Å²) in [5, 5.41) is 6.16. The molecule has 9 nitrogen and oxygen atoms in total. The van der Waals surface area contributed by atoms with E-state index >= 15 is 0 Å². The molecular weight excluding hydrogens is 493 g/mol. The fraction of sp³-hybridized carbons (Fsp3) is 0.360. The molecular formula is C25H23F3N4O5. The van der Waals surface area contributed by atoms with Gasteiger partial charge in [0.15, 0.2) is 0 Å². The molecule has 2 amide bonds. The molecule has 1 atom stereocenters. The molecule has 0 aliphatic carbocycles. The molecule has 37 heavy (non-hydrogen) atoms. The van der Waals surface area contributed by atoms with E-state index in [1.54, 1.807) is 4.90 Å². The van der Waals surface area contributed by atoms with Crippen LogP contribution in [0.4, 0.5) is 13.2 Å². The van der Waals surface area contributed by atoms with Gasteiger partial charge < -0.3 is 24.2 Å². The number of alkyl halides is 3. The van der Waals surface area contributed by atoms with Crippen LogP contribution >= 0.6 is 0 Å². The van der Waals surface area contributed by atoms with Crippen molar-refractivity contribution >= 4 is 11.8 Å². The van der Waals surface area contributed by atoms with E-state index in [0.29, 0.717) is 26.4 Å². The number of hydrogen-bond donors (Lipinski definition) is 1. The lowest BCUT2D eigenvalue weighted by molar-refractivity contribution is -0.164. The number of nitrogens with zero attached hydrogens (tertiary/aromatic N) is 3. The highest BCUT2D eigenvalue weighted by molar-refractivity contribution is 5.94. The van der Waals surface area contributed by atoms with E-state index < -0.39 is 23.4 Å². The molecule has 0 spiro atoms. The van der Waals surface area contributed by atoms with E-state index in [9.17, 15) is 22.8 Å². The fourth-order valence-electron chi connectivity index (χ4n) is 4.38. The van der Waals surface area contributed by atoms with Crippen molar-refractivity contribution in [2.45, 2.75) is 17.6 Å². The van der Waals surface area contributed by atoms with Crippen LogP contribution in [0.3, 0.4) is 0 Å². The van der Waals surface area contributed by atoms with E-state index in [-0.39, 0.29) is 42.1 Å². The van der Waals surface area contributed by atoms with Gasteiger partial charge in [0.05, 0.1) is 32.5 Å². The normalized spacial score (nSPS) is 19.2. The number of amides is 2. The molecule has 1 aromatic heterocycles. The van der Waals surface area contributed by atoms with E-state index in [0.717, 1.165) is 5.56 Å². The summed E-state index contributed by atoms with van der Waals surface area (Å²) in [4.78, 5) is 31.5. The van der Waals surface area contributed by atoms with Gasteiger partial charge in [-0.15, -0.1) is 0 Å². The van der Waals surface area contributed by atoms with E-state index in [1.807, 2.05) is 30.3 Å². The molecule has 194 valence electrons. The number of nitrogens with one attached hydrogen (secondary N) is 1. The summed E-state index contributed by atoms with van der Waals surface area (Å²) in [5.74, 6) is -2.14. The lowest BCUT2D eigenvalue weighted by atomic mass is 9.77. The predicted molar refractivity (Wildman–Crippen MR) is 122 cm³/mol. The van der Waals surface area contributed by atoms with Crippen molar-refractivity contribution in [1.29, 1.82) is 0 Å². The van der Waals surface area contributed by atoms with Crippen molar-refractivity contribution < 1.29 is 36.8 Å². The molecule has 0 saturated carbocycles. The molecule has 5 rings (SSSR count). The summed E-state index contributed by atoms with van der Waals surface area (Å²) in [6.07, 6.45) is -4.74. The fourth-order valence-corrected chi connectivity index (χ4v) is 4.38. The van der Waals surface area contributed by atoms with Crippen molar-refractivity contribution in [3.8, 4) is 11.4 Å². The number of halogens is 3. The summed E-state index contributed by atoms with van der Waals surface area (Å²) < 4.78 is 53.3. The third-order valence-corrected chi connectivity index (χ3v) is 6.49. The maximum atomic E-state index is 13.7. The summed E-state index contributed by atoms with van der Waals surface area (Å²) in [5.41, 5.74) is 0.690. The number of rotatable bonds is 6. The van der Waals surface area contributed by atoms with Crippen LogP contribution in [0, 0.1) is 0 Å². The predicted octanol–water partition coefficient (Wildman–Crippen LogP) is 2.68. The van der Waals surface area contributed by atoms with Crippen LogP contribution < -0.4 is 5.32 Å². The molecule has 3 aromatic rings. The Hall–Kier alpha value is -3.77. The highest BCUT2D eigenvalue weighted by Gasteiger charge is 2.51. The minimum atomic E-state index is -4.74. The first-order chi connectivity index (χ1) is 17.8.